The third-order valence-electron chi connectivity index (χ3n) is 3.79. The van der Waals surface area contributed by atoms with Crippen LogP contribution in [0, 0.1) is 5.82 Å². The van der Waals surface area contributed by atoms with E-state index >= 15 is 0 Å². The summed E-state index contributed by atoms with van der Waals surface area (Å²) in [5, 5.41) is 1.11. The molecule has 2 aromatic carbocycles. The maximum absolute atomic E-state index is 14.4. The number of aromatic nitrogens is 1. The number of carbonyl (C=O) groups is 1. The molecule has 0 aliphatic carbocycles. The molecule has 0 fully saturated rings. The molecule has 1 heterocycles. The van der Waals surface area contributed by atoms with E-state index in [1.165, 1.54) is 23.5 Å². The van der Waals surface area contributed by atoms with Crippen LogP contribution in [0.3, 0.4) is 0 Å². The van der Waals surface area contributed by atoms with Crippen LogP contribution in [0.1, 0.15) is 0 Å². The highest BCUT2D eigenvalue weighted by Crippen LogP contribution is 2.33. The minimum atomic E-state index is -5.19. The topological polar surface area (TPSA) is 60.5 Å². The van der Waals surface area contributed by atoms with Gasteiger partial charge in [-0.15, -0.1) is 16.8 Å². The summed E-state index contributed by atoms with van der Waals surface area (Å²) in [5.41, 5.74) is 2.65. The van der Waals surface area contributed by atoms with E-state index < -0.39 is 31.1 Å². The van der Waals surface area contributed by atoms with E-state index in [4.69, 9.17) is 16.3 Å². The summed E-state index contributed by atoms with van der Waals surface area (Å²) in [6, 6.07) is 9.25. The van der Waals surface area contributed by atoms with E-state index in [9.17, 15) is 26.7 Å². The van der Waals surface area contributed by atoms with Gasteiger partial charge in [-0.2, -0.15) is 13.2 Å². The highest BCUT2D eigenvalue weighted by atomic mass is 35.5. The predicted octanol–water partition coefficient (Wildman–Crippen LogP) is 5.60. The number of hydrogen-bond acceptors (Lipinski definition) is 6. The Hall–Kier alpha value is -2.76. The number of ether oxygens (including phenoxy) is 1. The number of nitrogens with one attached hydrogen (secondary N) is 1. The lowest BCUT2D eigenvalue weighted by Gasteiger charge is -2.11. The maximum atomic E-state index is 14.4. The third-order valence-corrected chi connectivity index (χ3v) is 5.09. The van der Waals surface area contributed by atoms with Gasteiger partial charge >= 0.3 is 12.1 Å². The first-order valence-corrected chi connectivity index (χ1v) is 9.64. The molecule has 0 saturated carbocycles. The fourth-order valence-electron chi connectivity index (χ4n) is 2.32. The fraction of sp³-hybridized carbons (Fsp3) is 0.158. The zero-order chi connectivity index (χ0) is 22.6. The molecule has 0 radical (unpaired) electrons. The molecule has 0 unspecified atom stereocenters. The molecule has 1 aromatic heterocycles. The average molecular weight is 479 g/mol. The van der Waals surface area contributed by atoms with Crippen LogP contribution in [0.2, 0.25) is 5.02 Å². The van der Waals surface area contributed by atoms with E-state index in [0.29, 0.717) is 21.1 Å². The van der Waals surface area contributed by atoms with Gasteiger partial charge in [0.1, 0.15) is 11.6 Å². The number of hydroxylamine groups is 1. The molecule has 1 N–H and O–H groups in total. The van der Waals surface area contributed by atoms with Crippen molar-refractivity contribution in [3.05, 3.63) is 59.1 Å². The molecular weight excluding hydrogens is 467 g/mol. The molecular formula is C19H12ClF5N2O3S. The maximum Gasteiger partial charge on any atom is 0.492 e. The van der Waals surface area contributed by atoms with Crippen LogP contribution in [0.5, 0.6) is 5.75 Å². The highest BCUT2D eigenvalue weighted by molar-refractivity contribution is 7.21. The van der Waals surface area contributed by atoms with Crippen LogP contribution in [0.4, 0.5) is 22.0 Å². The van der Waals surface area contributed by atoms with E-state index in [1.54, 1.807) is 29.7 Å². The van der Waals surface area contributed by atoms with Crippen LogP contribution < -0.4 is 10.2 Å². The number of rotatable bonds is 7. The minimum absolute atomic E-state index is 0.0486. The summed E-state index contributed by atoms with van der Waals surface area (Å²) >= 11 is 7.27. The van der Waals surface area contributed by atoms with Crippen LogP contribution >= 0.6 is 22.9 Å². The molecule has 0 atom stereocenters. The molecule has 0 bridgehead atoms. The van der Waals surface area contributed by atoms with Gasteiger partial charge in [-0.25, -0.2) is 18.6 Å². The molecule has 3 rings (SSSR count). The van der Waals surface area contributed by atoms with E-state index in [1.807, 2.05) is 0 Å². The van der Waals surface area contributed by atoms with E-state index in [-0.39, 0.29) is 17.7 Å². The van der Waals surface area contributed by atoms with Gasteiger partial charge in [-0.1, -0.05) is 11.6 Å². The lowest BCUT2D eigenvalue weighted by Crippen LogP contribution is -2.32. The second-order valence-corrected chi connectivity index (χ2v) is 7.51. The number of nitrogens with zero attached hydrogens (tertiary/aromatic N) is 1. The van der Waals surface area contributed by atoms with Crippen molar-refractivity contribution >= 4 is 39.1 Å². The second kappa shape index (κ2) is 9.58. The SMILES string of the molecule is O=C(ONC/C(=C\F)COc1ccc(-c2nc3ccc(Cl)cc3s2)cc1F)C(F)(F)F. The zero-order valence-electron chi connectivity index (χ0n) is 15.3. The van der Waals surface area contributed by atoms with Gasteiger partial charge in [0, 0.05) is 16.2 Å². The molecule has 0 aliphatic rings. The molecule has 164 valence electrons. The molecule has 0 spiro atoms. The van der Waals surface area contributed by atoms with Gasteiger partial charge in [-0.3, -0.25) is 0 Å². The highest BCUT2D eigenvalue weighted by Gasteiger charge is 2.41. The van der Waals surface area contributed by atoms with Gasteiger partial charge in [0.2, 0.25) is 0 Å². The van der Waals surface area contributed by atoms with Crippen molar-refractivity contribution in [2.75, 3.05) is 13.2 Å². The number of halogens is 6. The van der Waals surface area contributed by atoms with Gasteiger partial charge in [0.15, 0.2) is 11.6 Å². The lowest BCUT2D eigenvalue weighted by molar-refractivity contribution is -0.206. The number of fused-ring (bicyclic) bond motifs is 1. The number of thiazole rings is 1. The van der Waals surface area contributed by atoms with Gasteiger partial charge in [-0.05, 0) is 36.4 Å². The first-order chi connectivity index (χ1) is 14.7. The van der Waals surface area contributed by atoms with Crippen LogP contribution in [0.25, 0.3) is 20.8 Å². The molecule has 0 amide bonds. The van der Waals surface area contributed by atoms with Crippen LogP contribution in [0.15, 0.2) is 48.3 Å². The molecule has 12 heteroatoms. The first-order valence-electron chi connectivity index (χ1n) is 8.45. The van der Waals surface area contributed by atoms with Crippen molar-refractivity contribution in [1.29, 1.82) is 0 Å². The summed E-state index contributed by atoms with van der Waals surface area (Å²) in [5.74, 6) is -3.44. The third kappa shape index (κ3) is 5.90. The van der Waals surface area contributed by atoms with Crippen molar-refractivity contribution in [2.45, 2.75) is 6.18 Å². The van der Waals surface area contributed by atoms with Crippen LogP contribution in [-0.4, -0.2) is 30.3 Å². The van der Waals surface area contributed by atoms with Crippen molar-refractivity contribution < 1.29 is 36.3 Å². The summed E-state index contributed by atoms with van der Waals surface area (Å²) in [6.45, 7) is -1.09. The molecule has 3 aromatic rings. The van der Waals surface area contributed by atoms with E-state index in [2.05, 4.69) is 9.82 Å². The van der Waals surface area contributed by atoms with Crippen LogP contribution in [-0.2, 0) is 9.63 Å². The largest absolute Gasteiger partial charge is 0.492 e. The fourth-order valence-corrected chi connectivity index (χ4v) is 3.55. The summed E-state index contributed by atoms with van der Waals surface area (Å²) in [6.07, 6.45) is -5.14. The number of hydrogen-bond donors (Lipinski definition) is 1. The van der Waals surface area contributed by atoms with Crippen molar-refractivity contribution in [3.8, 4) is 16.3 Å². The smallest absolute Gasteiger partial charge is 0.486 e. The van der Waals surface area contributed by atoms with Crippen molar-refractivity contribution in [3.63, 3.8) is 0 Å². The summed E-state index contributed by atoms with van der Waals surface area (Å²) in [7, 11) is 0. The van der Waals surface area contributed by atoms with E-state index in [0.717, 1.165) is 4.70 Å². The first kappa shape index (κ1) is 22.9. The standard InChI is InChI=1S/C19H12ClF5N2O3S/c20-12-2-3-14-16(6-12)31-17(27-14)11-1-4-15(13(22)5-11)29-9-10(7-21)8-26-30-18(28)19(23,24)25/h1-7,26H,8-9H2/b10-7+. The Balaban J connectivity index is 1.61. The molecule has 0 saturated heterocycles. The van der Waals surface area contributed by atoms with Crippen molar-refractivity contribution in [2.24, 2.45) is 0 Å². The zero-order valence-corrected chi connectivity index (χ0v) is 16.9. The molecule has 0 aliphatic heterocycles. The molecule has 5 nitrogen and oxygen atoms in total. The lowest BCUT2D eigenvalue weighted by atomic mass is 10.2. The molecule has 31 heavy (non-hydrogen) atoms. The monoisotopic (exact) mass is 478 g/mol. The Kier molecular flexibility index (Phi) is 7.08. The average Bonchev–Trinajstić information content (AvgIpc) is 3.13. The second-order valence-electron chi connectivity index (χ2n) is 6.04. The Bertz CT molecular complexity index is 1130. The Labute approximate surface area is 181 Å². The Morgan fingerprint density at radius 2 is 2.00 bits per heavy atom. The minimum Gasteiger partial charge on any atom is -0.486 e. The number of carbonyl (C=O) groups excluding carboxylic acids is 1. The Morgan fingerprint density at radius 3 is 2.68 bits per heavy atom. The van der Waals surface area contributed by atoms with Gasteiger partial charge < -0.3 is 9.57 Å². The number of alkyl halides is 3. The quantitative estimate of drug-likeness (QED) is 0.354. The normalized spacial score (nSPS) is 12.3. The summed E-state index contributed by atoms with van der Waals surface area (Å²) in [4.78, 5) is 18.7. The Morgan fingerprint density at radius 1 is 1.23 bits per heavy atom. The predicted molar refractivity (Wildman–Crippen MR) is 105 cm³/mol. The number of benzene rings is 2. The van der Waals surface area contributed by atoms with Gasteiger partial charge in [0.25, 0.3) is 0 Å². The summed E-state index contributed by atoms with van der Waals surface area (Å²) < 4.78 is 69.3. The van der Waals surface area contributed by atoms with Gasteiger partial charge in [0.05, 0.1) is 23.1 Å². The van der Waals surface area contributed by atoms with Crippen molar-refractivity contribution in [1.82, 2.24) is 10.5 Å².